The highest BCUT2D eigenvalue weighted by Crippen LogP contribution is 2.18. The van der Waals surface area contributed by atoms with Crippen LogP contribution >= 0.6 is 23.3 Å². The Bertz CT molecular complexity index is 423. The van der Waals surface area contributed by atoms with Crippen LogP contribution < -0.4 is 5.32 Å². The van der Waals surface area contributed by atoms with Gasteiger partial charge in [-0.3, -0.25) is 4.68 Å². The number of hydrogen-bond donors (Lipinski definition) is 1. The molecule has 0 atom stereocenters. The number of anilines is 1. The number of hydrogen-bond acceptors (Lipinski definition) is 5. The first kappa shape index (κ1) is 9.42. The topological polar surface area (TPSA) is 55.6 Å². The predicted molar refractivity (Wildman–Crippen MR) is 55.5 cm³/mol. The molecule has 7 heteroatoms. The minimum atomic E-state index is 0.416. The molecular weight excluding hydrogens is 222 g/mol. The van der Waals surface area contributed by atoms with E-state index in [4.69, 9.17) is 11.6 Å². The van der Waals surface area contributed by atoms with Gasteiger partial charge in [0.2, 0.25) is 0 Å². The Kier molecular flexibility index (Phi) is 2.64. The monoisotopic (exact) mass is 229 g/mol. The van der Waals surface area contributed by atoms with Crippen molar-refractivity contribution in [3.63, 3.8) is 0 Å². The van der Waals surface area contributed by atoms with Gasteiger partial charge in [0.05, 0.1) is 17.9 Å². The molecule has 2 rings (SSSR count). The quantitative estimate of drug-likeness (QED) is 0.868. The standard InChI is InChI=1S/C7H8ClN5S/c1-13-4-5(3-10-13)2-9-7-6(8)11-14-12-7/h3-4H,2H2,1H3,(H,9,12). The van der Waals surface area contributed by atoms with E-state index in [1.807, 2.05) is 13.2 Å². The molecule has 2 heterocycles. The van der Waals surface area contributed by atoms with Crippen LogP contribution in [0.25, 0.3) is 0 Å². The summed E-state index contributed by atoms with van der Waals surface area (Å²) >= 11 is 6.86. The van der Waals surface area contributed by atoms with Gasteiger partial charge in [0.15, 0.2) is 11.0 Å². The zero-order valence-electron chi connectivity index (χ0n) is 7.44. The third-order valence-electron chi connectivity index (χ3n) is 1.67. The van der Waals surface area contributed by atoms with Crippen LogP contribution in [0.2, 0.25) is 5.15 Å². The zero-order valence-corrected chi connectivity index (χ0v) is 9.01. The summed E-state index contributed by atoms with van der Waals surface area (Å²) in [6, 6.07) is 0. The molecule has 2 aromatic rings. The van der Waals surface area contributed by atoms with E-state index in [1.165, 1.54) is 0 Å². The Balaban J connectivity index is 1.98. The molecular formula is C7H8ClN5S. The first-order valence-electron chi connectivity index (χ1n) is 3.95. The normalized spacial score (nSPS) is 10.4. The smallest absolute Gasteiger partial charge is 0.186 e. The SMILES string of the molecule is Cn1cc(CNc2nsnc2Cl)cn1. The van der Waals surface area contributed by atoms with E-state index >= 15 is 0 Å². The molecule has 0 bridgehead atoms. The Morgan fingerprint density at radius 3 is 3.00 bits per heavy atom. The zero-order chi connectivity index (χ0) is 9.97. The van der Waals surface area contributed by atoms with Crippen LogP contribution in [0.5, 0.6) is 0 Å². The fraction of sp³-hybridized carbons (Fsp3) is 0.286. The molecule has 0 saturated heterocycles. The molecule has 74 valence electrons. The summed E-state index contributed by atoms with van der Waals surface area (Å²) in [4.78, 5) is 0. The van der Waals surface area contributed by atoms with Crippen molar-refractivity contribution in [3.8, 4) is 0 Å². The van der Waals surface area contributed by atoms with Crippen LogP contribution in [0.3, 0.4) is 0 Å². The maximum atomic E-state index is 5.76. The van der Waals surface area contributed by atoms with E-state index < -0.39 is 0 Å². The van der Waals surface area contributed by atoms with Crippen molar-refractivity contribution >= 4 is 29.1 Å². The Morgan fingerprint density at radius 1 is 1.57 bits per heavy atom. The molecule has 14 heavy (non-hydrogen) atoms. The molecule has 0 amide bonds. The van der Waals surface area contributed by atoms with Gasteiger partial charge in [0, 0.05) is 25.4 Å². The minimum Gasteiger partial charge on any atom is -0.362 e. The van der Waals surface area contributed by atoms with Gasteiger partial charge < -0.3 is 5.32 Å². The van der Waals surface area contributed by atoms with Crippen molar-refractivity contribution in [1.82, 2.24) is 18.5 Å². The summed E-state index contributed by atoms with van der Waals surface area (Å²) in [7, 11) is 1.88. The highest BCUT2D eigenvalue weighted by Gasteiger charge is 2.04. The maximum Gasteiger partial charge on any atom is 0.186 e. The summed E-state index contributed by atoms with van der Waals surface area (Å²) in [6.45, 7) is 0.652. The van der Waals surface area contributed by atoms with Crippen molar-refractivity contribution in [3.05, 3.63) is 23.1 Å². The van der Waals surface area contributed by atoms with E-state index in [1.54, 1.807) is 10.9 Å². The molecule has 0 aliphatic carbocycles. The van der Waals surface area contributed by atoms with Gasteiger partial charge in [-0.1, -0.05) is 11.6 Å². The summed E-state index contributed by atoms with van der Waals surface area (Å²) in [5, 5.41) is 7.54. The highest BCUT2D eigenvalue weighted by molar-refractivity contribution is 6.99. The summed E-state index contributed by atoms with van der Waals surface area (Å²) in [6.07, 6.45) is 3.72. The molecule has 0 saturated carbocycles. The van der Waals surface area contributed by atoms with Crippen LogP contribution in [0.4, 0.5) is 5.82 Å². The van der Waals surface area contributed by atoms with Crippen molar-refractivity contribution in [2.24, 2.45) is 7.05 Å². The largest absolute Gasteiger partial charge is 0.362 e. The van der Waals surface area contributed by atoms with Crippen LogP contribution in [0, 0.1) is 0 Å². The fourth-order valence-electron chi connectivity index (χ4n) is 1.03. The molecule has 0 spiro atoms. The van der Waals surface area contributed by atoms with Crippen LogP contribution in [-0.4, -0.2) is 18.5 Å². The molecule has 0 aliphatic rings. The lowest BCUT2D eigenvalue weighted by Gasteiger charge is -1.98. The second-order valence-corrected chi connectivity index (χ2v) is 3.67. The number of nitrogens with one attached hydrogen (secondary N) is 1. The average Bonchev–Trinajstić information content (AvgIpc) is 2.72. The molecule has 1 N–H and O–H groups in total. The second kappa shape index (κ2) is 3.93. The average molecular weight is 230 g/mol. The van der Waals surface area contributed by atoms with Crippen LogP contribution in [-0.2, 0) is 13.6 Å². The van der Waals surface area contributed by atoms with Crippen molar-refractivity contribution in [2.45, 2.75) is 6.54 Å². The molecule has 0 unspecified atom stereocenters. The van der Waals surface area contributed by atoms with Gasteiger partial charge in [-0.25, -0.2) is 0 Å². The molecule has 2 aromatic heterocycles. The van der Waals surface area contributed by atoms with Crippen LogP contribution in [0.15, 0.2) is 12.4 Å². The van der Waals surface area contributed by atoms with Gasteiger partial charge >= 0.3 is 0 Å². The van der Waals surface area contributed by atoms with Crippen LogP contribution in [0.1, 0.15) is 5.56 Å². The highest BCUT2D eigenvalue weighted by atomic mass is 35.5. The lowest BCUT2D eigenvalue weighted by molar-refractivity contribution is 0.767. The molecule has 0 aromatic carbocycles. The third-order valence-corrected chi connectivity index (χ3v) is 2.56. The summed E-state index contributed by atoms with van der Waals surface area (Å²) in [5.74, 6) is 0.625. The molecule has 5 nitrogen and oxygen atoms in total. The third kappa shape index (κ3) is 2.02. The van der Waals surface area contributed by atoms with Gasteiger partial charge in [-0.15, -0.1) is 0 Å². The number of halogens is 1. The molecule has 0 fully saturated rings. The number of aromatic nitrogens is 4. The molecule has 0 radical (unpaired) electrons. The van der Waals surface area contributed by atoms with Gasteiger partial charge in [-0.05, 0) is 0 Å². The van der Waals surface area contributed by atoms with E-state index in [0.29, 0.717) is 17.5 Å². The Morgan fingerprint density at radius 2 is 2.43 bits per heavy atom. The Labute approximate surface area is 90.0 Å². The lowest BCUT2D eigenvalue weighted by Crippen LogP contribution is -1.98. The first-order chi connectivity index (χ1) is 6.75. The van der Waals surface area contributed by atoms with E-state index in [9.17, 15) is 0 Å². The fourth-order valence-corrected chi connectivity index (χ4v) is 1.72. The second-order valence-electron chi connectivity index (χ2n) is 2.78. The Hall–Kier alpha value is -1.14. The van der Waals surface area contributed by atoms with Gasteiger partial charge in [-0.2, -0.15) is 13.8 Å². The van der Waals surface area contributed by atoms with Crippen molar-refractivity contribution < 1.29 is 0 Å². The van der Waals surface area contributed by atoms with E-state index in [-0.39, 0.29) is 0 Å². The molecule has 0 aliphatic heterocycles. The van der Waals surface area contributed by atoms with Gasteiger partial charge in [0.25, 0.3) is 0 Å². The minimum absolute atomic E-state index is 0.416. The van der Waals surface area contributed by atoms with E-state index in [0.717, 1.165) is 17.3 Å². The number of nitrogens with zero attached hydrogens (tertiary/aromatic N) is 4. The number of rotatable bonds is 3. The predicted octanol–water partition coefficient (Wildman–Crippen LogP) is 1.54. The number of aryl methyl sites for hydroxylation is 1. The van der Waals surface area contributed by atoms with Gasteiger partial charge in [0.1, 0.15) is 0 Å². The van der Waals surface area contributed by atoms with Crippen molar-refractivity contribution in [1.29, 1.82) is 0 Å². The summed E-state index contributed by atoms with van der Waals surface area (Å²) < 4.78 is 9.59. The van der Waals surface area contributed by atoms with Crippen molar-refractivity contribution in [2.75, 3.05) is 5.32 Å². The first-order valence-corrected chi connectivity index (χ1v) is 5.06. The maximum absolute atomic E-state index is 5.76. The lowest BCUT2D eigenvalue weighted by atomic mass is 10.3. The summed E-state index contributed by atoms with van der Waals surface area (Å²) in [5.41, 5.74) is 1.08. The van der Waals surface area contributed by atoms with E-state index in [2.05, 4.69) is 19.2 Å².